The Kier molecular flexibility index (Phi) is 5.94. The van der Waals surface area contributed by atoms with Crippen LogP contribution in [0.15, 0.2) is 11.6 Å². The molecule has 0 spiro atoms. The first kappa shape index (κ1) is 24.6. The average Bonchev–Trinajstić information content (AvgIpc) is 3.03. The van der Waals surface area contributed by atoms with Crippen molar-refractivity contribution in [3.63, 3.8) is 0 Å². The van der Waals surface area contributed by atoms with E-state index < -0.39 is 17.4 Å². The van der Waals surface area contributed by atoms with E-state index >= 15 is 0 Å². The molecule has 0 aliphatic heterocycles. The van der Waals surface area contributed by atoms with Crippen molar-refractivity contribution < 1.29 is 23.4 Å². The molecule has 1 unspecified atom stereocenters. The summed E-state index contributed by atoms with van der Waals surface area (Å²) in [5.41, 5.74) is -1.32. The molecule has 2 N–H and O–H groups in total. The van der Waals surface area contributed by atoms with Crippen molar-refractivity contribution >= 4 is 0 Å². The number of rotatable bonds is 4. The predicted molar refractivity (Wildman–Crippen MR) is 121 cm³/mol. The van der Waals surface area contributed by atoms with Crippen LogP contribution in [0.4, 0.5) is 13.2 Å². The summed E-state index contributed by atoms with van der Waals surface area (Å²) in [6, 6.07) is 0. The minimum atomic E-state index is -4.57. The number of allylic oxidation sites excluding steroid dienone is 1. The highest BCUT2D eigenvalue weighted by Gasteiger charge is 2.60. The quantitative estimate of drug-likeness (QED) is 0.445. The Labute approximate surface area is 192 Å². The van der Waals surface area contributed by atoms with Gasteiger partial charge in [-0.25, -0.2) is 0 Å². The molecule has 0 bridgehead atoms. The van der Waals surface area contributed by atoms with Crippen LogP contribution in [0.25, 0.3) is 0 Å². The summed E-state index contributed by atoms with van der Waals surface area (Å²) in [5, 5.41) is 20.6. The van der Waals surface area contributed by atoms with Gasteiger partial charge in [-0.1, -0.05) is 32.4 Å². The van der Waals surface area contributed by atoms with Crippen LogP contribution in [0.3, 0.4) is 0 Å². The maximum Gasteiger partial charge on any atom is 0.416 e. The fourth-order valence-corrected chi connectivity index (χ4v) is 8.63. The topological polar surface area (TPSA) is 40.5 Å². The molecule has 184 valence electrons. The van der Waals surface area contributed by atoms with E-state index in [4.69, 9.17) is 0 Å². The second-order valence-electron chi connectivity index (χ2n) is 12.9. The fourth-order valence-electron chi connectivity index (χ4n) is 8.63. The molecule has 3 fully saturated rings. The van der Waals surface area contributed by atoms with Gasteiger partial charge in [0.05, 0.1) is 5.60 Å². The van der Waals surface area contributed by atoms with Crippen molar-refractivity contribution in [2.24, 2.45) is 40.4 Å². The van der Waals surface area contributed by atoms with E-state index in [0.29, 0.717) is 30.1 Å². The Morgan fingerprint density at radius 2 is 1.75 bits per heavy atom. The Hall–Kier alpha value is -0.550. The Balaban J connectivity index is 1.49. The summed E-state index contributed by atoms with van der Waals surface area (Å²) in [6.45, 7) is 9.84. The molecule has 4 aliphatic rings. The van der Waals surface area contributed by atoms with Crippen LogP contribution in [0.5, 0.6) is 0 Å². The molecule has 0 aromatic heterocycles. The Morgan fingerprint density at radius 3 is 2.41 bits per heavy atom. The Morgan fingerprint density at radius 1 is 1.06 bits per heavy atom. The second-order valence-corrected chi connectivity index (χ2v) is 12.9. The van der Waals surface area contributed by atoms with E-state index in [1.165, 1.54) is 18.4 Å². The first-order valence-electron chi connectivity index (χ1n) is 12.8. The zero-order chi connectivity index (χ0) is 23.7. The first-order valence-corrected chi connectivity index (χ1v) is 12.8. The van der Waals surface area contributed by atoms with Gasteiger partial charge in [0.25, 0.3) is 0 Å². The third kappa shape index (κ3) is 3.87. The summed E-state index contributed by atoms with van der Waals surface area (Å²) < 4.78 is 39.4. The molecular formula is C27H43F3O2. The number of fused-ring (bicyclic) bond motifs is 5. The maximum absolute atomic E-state index is 13.1. The number of halogens is 3. The SMILES string of the molecule is C[C@H](CC[C@](C)(O)C(F)(F)F)[C@H]1CCC2[C@@H]3CC=C4C[C@@](C)(O)CC[C@]4(C)[C@H]3CC[C@@]21C. The standard InChI is InChI=1S/C27H43F3O2/c1-17(10-13-26(5,32)27(28,29)30)20-8-9-21-19-7-6-18-16-23(2,31)14-15-24(18,3)22(19)11-12-25(20,21)4/h6,17,19-22,31-32H,7-16H2,1-5H3/t17-,19+,20-,21?,22+,23+,24+,25-,26+/m1/s1. The molecule has 32 heavy (non-hydrogen) atoms. The normalized spacial score (nSPS) is 47.0. The van der Waals surface area contributed by atoms with E-state index in [0.717, 1.165) is 45.4 Å². The number of aliphatic hydroxyl groups is 2. The molecule has 9 atom stereocenters. The van der Waals surface area contributed by atoms with E-state index in [1.807, 2.05) is 6.92 Å². The lowest BCUT2D eigenvalue weighted by molar-refractivity contribution is -0.256. The van der Waals surface area contributed by atoms with Crippen molar-refractivity contribution in [3.05, 3.63) is 11.6 Å². The molecule has 5 heteroatoms. The highest BCUT2D eigenvalue weighted by Crippen LogP contribution is 2.67. The average molecular weight is 457 g/mol. The molecule has 0 heterocycles. The smallest absolute Gasteiger partial charge is 0.390 e. The number of alkyl halides is 3. The fraction of sp³-hybridized carbons (Fsp3) is 0.926. The van der Waals surface area contributed by atoms with Gasteiger partial charge < -0.3 is 10.2 Å². The molecule has 0 radical (unpaired) electrons. The number of hydrogen-bond acceptors (Lipinski definition) is 2. The van der Waals surface area contributed by atoms with Gasteiger partial charge >= 0.3 is 6.18 Å². The zero-order valence-electron chi connectivity index (χ0n) is 20.6. The summed E-state index contributed by atoms with van der Waals surface area (Å²) in [5.74, 6) is 2.57. The lowest BCUT2D eigenvalue weighted by Crippen LogP contribution is -2.52. The van der Waals surface area contributed by atoms with E-state index in [9.17, 15) is 23.4 Å². The van der Waals surface area contributed by atoms with Gasteiger partial charge in [0.15, 0.2) is 5.60 Å². The second kappa shape index (κ2) is 7.73. The van der Waals surface area contributed by atoms with Gasteiger partial charge in [-0.2, -0.15) is 13.2 Å². The van der Waals surface area contributed by atoms with Crippen LogP contribution < -0.4 is 0 Å². The zero-order valence-corrected chi connectivity index (χ0v) is 20.6. The van der Waals surface area contributed by atoms with Crippen LogP contribution >= 0.6 is 0 Å². The van der Waals surface area contributed by atoms with Crippen LogP contribution in [0, 0.1) is 40.4 Å². The number of hydrogen-bond donors (Lipinski definition) is 2. The molecular weight excluding hydrogens is 413 g/mol. The van der Waals surface area contributed by atoms with Gasteiger partial charge in [-0.05, 0) is 118 Å². The molecule has 0 amide bonds. The van der Waals surface area contributed by atoms with E-state index in [2.05, 4.69) is 26.8 Å². The van der Waals surface area contributed by atoms with E-state index in [1.54, 1.807) is 0 Å². The summed E-state index contributed by atoms with van der Waals surface area (Å²) in [4.78, 5) is 0. The van der Waals surface area contributed by atoms with E-state index in [-0.39, 0.29) is 23.2 Å². The van der Waals surface area contributed by atoms with Crippen molar-refractivity contribution in [2.75, 3.05) is 0 Å². The molecule has 3 saturated carbocycles. The molecule has 4 rings (SSSR count). The van der Waals surface area contributed by atoms with Crippen LogP contribution in [0.1, 0.15) is 98.8 Å². The molecule has 4 aliphatic carbocycles. The lowest BCUT2D eigenvalue weighted by atomic mass is 9.46. The predicted octanol–water partition coefficient (Wildman–Crippen LogP) is 7.05. The minimum absolute atomic E-state index is 0.186. The van der Waals surface area contributed by atoms with Crippen LogP contribution in [-0.2, 0) is 0 Å². The van der Waals surface area contributed by atoms with Gasteiger partial charge in [0.1, 0.15) is 0 Å². The van der Waals surface area contributed by atoms with Crippen molar-refractivity contribution in [1.82, 2.24) is 0 Å². The van der Waals surface area contributed by atoms with Gasteiger partial charge in [0.2, 0.25) is 0 Å². The molecule has 0 aromatic carbocycles. The third-order valence-corrected chi connectivity index (χ3v) is 10.8. The minimum Gasteiger partial charge on any atom is -0.390 e. The summed E-state index contributed by atoms with van der Waals surface area (Å²) >= 11 is 0. The molecule has 2 nitrogen and oxygen atoms in total. The van der Waals surface area contributed by atoms with Gasteiger partial charge in [0, 0.05) is 0 Å². The van der Waals surface area contributed by atoms with Crippen molar-refractivity contribution in [1.29, 1.82) is 0 Å². The largest absolute Gasteiger partial charge is 0.416 e. The maximum atomic E-state index is 13.1. The van der Waals surface area contributed by atoms with Crippen molar-refractivity contribution in [2.45, 2.75) is 116 Å². The summed E-state index contributed by atoms with van der Waals surface area (Å²) in [6.07, 6.45) is 6.52. The van der Waals surface area contributed by atoms with Crippen molar-refractivity contribution in [3.8, 4) is 0 Å². The van der Waals surface area contributed by atoms with Gasteiger partial charge in [-0.3, -0.25) is 0 Å². The Bertz CT molecular complexity index is 754. The van der Waals surface area contributed by atoms with Crippen LogP contribution in [-0.4, -0.2) is 27.6 Å². The monoisotopic (exact) mass is 456 g/mol. The first-order chi connectivity index (χ1) is 14.6. The third-order valence-electron chi connectivity index (χ3n) is 10.8. The van der Waals surface area contributed by atoms with Crippen LogP contribution in [0.2, 0.25) is 0 Å². The lowest BCUT2D eigenvalue weighted by Gasteiger charge is -2.59. The summed E-state index contributed by atoms with van der Waals surface area (Å²) in [7, 11) is 0. The molecule has 0 aromatic rings. The highest BCUT2D eigenvalue weighted by atomic mass is 19.4. The highest BCUT2D eigenvalue weighted by molar-refractivity contribution is 5.26. The molecule has 0 saturated heterocycles. The van der Waals surface area contributed by atoms with Gasteiger partial charge in [-0.15, -0.1) is 0 Å².